The van der Waals surface area contributed by atoms with Crippen molar-refractivity contribution in [2.24, 2.45) is 0 Å². The van der Waals surface area contributed by atoms with Crippen LogP contribution in [0.3, 0.4) is 0 Å². The van der Waals surface area contributed by atoms with E-state index in [0.29, 0.717) is 18.5 Å². The first-order valence-electron chi connectivity index (χ1n) is 7.83. The highest BCUT2D eigenvalue weighted by atomic mass is 16.3. The van der Waals surface area contributed by atoms with Gasteiger partial charge in [-0.25, -0.2) is 0 Å². The summed E-state index contributed by atoms with van der Waals surface area (Å²) >= 11 is 0. The van der Waals surface area contributed by atoms with E-state index in [1.807, 2.05) is 41.0 Å². The summed E-state index contributed by atoms with van der Waals surface area (Å²) in [4.78, 5) is 24.9. The second kappa shape index (κ2) is 4.69. The normalized spacial score (nSPS) is 18.7. The molecule has 1 aliphatic heterocycles. The molecule has 116 valence electrons. The number of benzene rings is 1. The summed E-state index contributed by atoms with van der Waals surface area (Å²) in [6.07, 6.45) is 2.36. The predicted molar refractivity (Wildman–Crippen MR) is 86.9 cm³/mol. The number of Topliss-reactive ketones (excluding diaryl/α,β-unsaturated/α-hetero) is 2. The van der Waals surface area contributed by atoms with Crippen molar-refractivity contribution in [2.45, 2.75) is 31.7 Å². The van der Waals surface area contributed by atoms with Crippen LogP contribution in [0.2, 0.25) is 0 Å². The van der Waals surface area contributed by atoms with Crippen molar-refractivity contribution in [2.75, 3.05) is 0 Å². The fourth-order valence-electron chi connectivity index (χ4n) is 3.78. The molecule has 1 aromatic heterocycles. The molecule has 0 amide bonds. The maximum absolute atomic E-state index is 13.0. The number of ketones is 2. The SMILES string of the molecule is CC(=O)C1=C(O)c2ccc(-c3ccccc3)n2C2(CCC2)C1=O. The Kier molecular flexibility index (Phi) is 2.85. The molecule has 23 heavy (non-hydrogen) atoms. The van der Waals surface area contributed by atoms with Crippen molar-refractivity contribution in [3.05, 3.63) is 53.7 Å². The second-order valence-corrected chi connectivity index (χ2v) is 6.30. The van der Waals surface area contributed by atoms with Crippen LogP contribution in [0.5, 0.6) is 0 Å². The number of nitrogens with zero attached hydrogens (tertiary/aromatic N) is 1. The highest BCUT2D eigenvalue weighted by Gasteiger charge is 2.53. The van der Waals surface area contributed by atoms with Gasteiger partial charge in [0.1, 0.15) is 11.1 Å². The fraction of sp³-hybridized carbons (Fsp3) is 0.263. The molecule has 4 nitrogen and oxygen atoms in total. The number of aliphatic hydroxyl groups excluding tert-OH is 1. The minimum atomic E-state index is -0.711. The molecule has 2 aliphatic rings. The lowest BCUT2D eigenvalue weighted by atomic mass is 9.68. The number of rotatable bonds is 2. The van der Waals surface area contributed by atoms with Crippen LogP contribution < -0.4 is 0 Å². The molecule has 0 atom stereocenters. The lowest BCUT2D eigenvalue weighted by Gasteiger charge is -2.46. The van der Waals surface area contributed by atoms with Gasteiger partial charge in [0.2, 0.25) is 0 Å². The van der Waals surface area contributed by atoms with E-state index in [9.17, 15) is 14.7 Å². The van der Waals surface area contributed by atoms with Crippen LogP contribution in [0.1, 0.15) is 31.9 Å². The van der Waals surface area contributed by atoms with E-state index in [2.05, 4.69) is 0 Å². The minimum Gasteiger partial charge on any atom is -0.505 e. The summed E-state index contributed by atoms with van der Waals surface area (Å²) in [5, 5.41) is 10.5. The van der Waals surface area contributed by atoms with Gasteiger partial charge in [-0.1, -0.05) is 30.3 Å². The highest BCUT2D eigenvalue weighted by molar-refractivity contribution is 6.27. The van der Waals surface area contributed by atoms with Gasteiger partial charge in [-0.05, 0) is 43.9 Å². The van der Waals surface area contributed by atoms with Gasteiger partial charge in [-0.15, -0.1) is 0 Å². The van der Waals surface area contributed by atoms with Gasteiger partial charge >= 0.3 is 0 Å². The smallest absolute Gasteiger partial charge is 0.196 e. The summed E-state index contributed by atoms with van der Waals surface area (Å²) in [6, 6.07) is 13.5. The van der Waals surface area contributed by atoms with Crippen LogP contribution >= 0.6 is 0 Å². The van der Waals surface area contributed by atoms with Crippen LogP contribution in [0.25, 0.3) is 17.0 Å². The number of fused-ring (bicyclic) bond motifs is 2. The second-order valence-electron chi connectivity index (χ2n) is 6.30. The number of hydrogen-bond donors (Lipinski definition) is 1. The molecular weight excluding hydrogens is 290 g/mol. The van der Waals surface area contributed by atoms with Gasteiger partial charge in [0.25, 0.3) is 0 Å². The quantitative estimate of drug-likeness (QED) is 0.864. The molecule has 0 saturated heterocycles. The van der Waals surface area contributed by atoms with Crippen molar-refractivity contribution >= 4 is 17.3 Å². The topological polar surface area (TPSA) is 59.3 Å². The number of carbonyl (C=O) groups is 2. The first-order chi connectivity index (χ1) is 11.1. The van der Waals surface area contributed by atoms with Gasteiger partial charge in [0, 0.05) is 5.69 Å². The molecule has 0 bridgehead atoms. The van der Waals surface area contributed by atoms with Crippen molar-refractivity contribution in [3.63, 3.8) is 0 Å². The van der Waals surface area contributed by atoms with Gasteiger partial charge in [0.15, 0.2) is 17.3 Å². The zero-order valence-corrected chi connectivity index (χ0v) is 12.9. The van der Waals surface area contributed by atoms with Crippen molar-refractivity contribution in [1.82, 2.24) is 4.57 Å². The first-order valence-corrected chi connectivity index (χ1v) is 7.83. The summed E-state index contributed by atoms with van der Waals surface area (Å²) in [7, 11) is 0. The Balaban J connectivity index is 2.02. The number of aromatic nitrogens is 1. The summed E-state index contributed by atoms with van der Waals surface area (Å²) in [5.41, 5.74) is 1.71. The lowest BCUT2D eigenvalue weighted by Crippen LogP contribution is -2.52. The van der Waals surface area contributed by atoms with E-state index >= 15 is 0 Å². The summed E-state index contributed by atoms with van der Waals surface area (Å²) in [6.45, 7) is 1.34. The molecule has 1 fully saturated rings. The average molecular weight is 307 g/mol. The molecular formula is C19H17NO3. The van der Waals surface area contributed by atoms with Crippen molar-refractivity contribution < 1.29 is 14.7 Å². The van der Waals surface area contributed by atoms with Crippen LogP contribution in [0, 0.1) is 0 Å². The predicted octanol–water partition coefficient (Wildman–Crippen LogP) is 3.48. The summed E-state index contributed by atoms with van der Waals surface area (Å²) in [5.74, 6) is -0.802. The largest absolute Gasteiger partial charge is 0.505 e. The van der Waals surface area contributed by atoms with Gasteiger partial charge < -0.3 is 9.67 Å². The molecule has 4 heteroatoms. The number of allylic oxidation sites excluding steroid dienone is 1. The standard InChI is InChI=1S/C19H17NO3/c1-12(21)16-17(22)15-9-8-14(13-6-3-2-4-7-13)20(15)19(18(16)23)10-5-11-19/h2-4,6-9,22H,5,10-11H2,1H3. The Labute approximate surface area is 134 Å². The minimum absolute atomic E-state index is 0.0464. The molecule has 2 heterocycles. The van der Waals surface area contributed by atoms with Crippen LogP contribution in [-0.4, -0.2) is 21.2 Å². The van der Waals surface area contributed by atoms with Crippen molar-refractivity contribution in [1.29, 1.82) is 0 Å². The van der Waals surface area contributed by atoms with Gasteiger partial charge in [-0.3, -0.25) is 9.59 Å². The van der Waals surface area contributed by atoms with Crippen LogP contribution in [0.4, 0.5) is 0 Å². The third-order valence-electron chi connectivity index (χ3n) is 5.04. The lowest BCUT2D eigenvalue weighted by molar-refractivity contribution is -0.130. The van der Waals surface area contributed by atoms with E-state index < -0.39 is 5.54 Å². The molecule has 1 saturated carbocycles. The van der Waals surface area contributed by atoms with Crippen LogP contribution in [0.15, 0.2) is 48.0 Å². The Morgan fingerprint density at radius 2 is 1.74 bits per heavy atom. The summed E-state index contributed by atoms with van der Waals surface area (Å²) < 4.78 is 1.94. The van der Waals surface area contributed by atoms with Gasteiger partial charge in [-0.2, -0.15) is 0 Å². The number of hydrogen-bond acceptors (Lipinski definition) is 3. The molecule has 1 aliphatic carbocycles. The Morgan fingerprint density at radius 3 is 2.30 bits per heavy atom. The first kappa shape index (κ1) is 14.0. The van der Waals surface area contributed by atoms with E-state index in [1.54, 1.807) is 6.07 Å². The average Bonchev–Trinajstić information content (AvgIpc) is 2.92. The zero-order chi connectivity index (χ0) is 16.2. The maximum atomic E-state index is 13.0. The van der Waals surface area contributed by atoms with Gasteiger partial charge in [0.05, 0.1) is 5.69 Å². The Hall–Kier alpha value is -2.62. The van der Waals surface area contributed by atoms with Crippen LogP contribution in [-0.2, 0) is 15.1 Å². The van der Waals surface area contributed by atoms with E-state index in [-0.39, 0.29) is 22.9 Å². The molecule has 0 unspecified atom stereocenters. The number of aliphatic hydroxyl groups is 1. The molecule has 0 radical (unpaired) electrons. The Morgan fingerprint density at radius 1 is 1.09 bits per heavy atom. The third-order valence-corrected chi connectivity index (χ3v) is 5.04. The molecule has 1 N–H and O–H groups in total. The molecule has 1 spiro atoms. The van der Waals surface area contributed by atoms with Crippen molar-refractivity contribution in [3.8, 4) is 11.3 Å². The molecule has 2 aromatic rings. The molecule has 4 rings (SSSR count). The fourth-order valence-corrected chi connectivity index (χ4v) is 3.78. The molecule has 1 aromatic carbocycles. The zero-order valence-electron chi connectivity index (χ0n) is 12.9. The maximum Gasteiger partial charge on any atom is 0.196 e. The number of carbonyl (C=O) groups excluding carboxylic acids is 2. The highest BCUT2D eigenvalue weighted by Crippen LogP contribution is 2.49. The Bertz CT molecular complexity index is 854. The monoisotopic (exact) mass is 307 g/mol. The van der Waals surface area contributed by atoms with E-state index in [0.717, 1.165) is 17.7 Å². The third kappa shape index (κ3) is 1.72. The van der Waals surface area contributed by atoms with E-state index in [1.165, 1.54) is 6.92 Å². The van der Waals surface area contributed by atoms with E-state index in [4.69, 9.17) is 0 Å².